The molecule has 0 aromatic carbocycles. The van der Waals surface area contributed by atoms with Gasteiger partial charge in [-0.25, -0.2) is 4.79 Å². The molecule has 4 nitrogen and oxygen atoms in total. The second-order valence-corrected chi connectivity index (χ2v) is 3.30. The summed E-state index contributed by atoms with van der Waals surface area (Å²) in [6.45, 7) is 2.84. The Labute approximate surface area is 78.6 Å². The fraction of sp³-hybridized carbons (Fsp3) is 0.889. The number of carbonyl (C=O) groups is 1. The zero-order valence-electron chi connectivity index (χ0n) is 8.04. The highest BCUT2D eigenvalue weighted by Gasteiger charge is 2.13. The molecular weight excluding hydrogens is 170 g/mol. The van der Waals surface area contributed by atoms with Crippen molar-refractivity contribution in [3.63, 3.8) is 0 Å². The van der Waals surface area contributed by atoms with Gasteiger partial charge in [0.1, 0.15) is 6.61 Å². The molecule has 0 aliphatic carbocycles. The Balaban J connectivity index is 2.01. The van der Waals surface area contributed by atoms with Crippen molar-refractivity contribution in [2.45, 2.75) is 12.8 Å². The second-order valence-electron chi connectivity index (χ2n) is 3.30. The van der Waals surface area contributed by atoms with Gasteiger partial charge in [-0.15, -0.1) is 0 Å². The summed E-state index contributed by atoms with van der Waals surface area (Å²) in [5.74, 6) is 0.252. The minimum Gasteiger partial charge on any atom is -0.467 e. The second kappa shape index (κ2) is 5.94. The highest BCUT2D eigenvalue weighted by atomic mass is 16.6. The summed E-state index contributed by atoms with van der Waals surface area (Å²) in [6, 6.07) is 0. The first-order valence-corrected chi connectivity index (χ1v) is 4.68. The van der Waals surface area contributed by atoms with E-state index in [2.05, 4.69) is 10.1 Å². The predicted octanol–water partition coefficient (Wildman–Crippen LogP) is 0.176. The van der Waals surface area contributed by atoms with Crippen LogP contribution >= 0.6 is 0 Å². The monoisotopic (exact) mass is 187 g/mol. The van der Waals surface area contributed by atoms with Gasteiger partial charge in [0.05, 0.1) is 13.7 Å². The Morgan fingerprint density at radius 3 is 3.08 bits per heavy atom. The maximum atomic E-state index is 10.7. The molecule has 0 amide bonds. The molecule has 1 saturated heterocycles. The summed E-state index contributed by atoms with van der Waals surface area (Å²) in [5.41, 5.74) is 0. The maximum absolute atomic E-state index is 10.7. The van der Waals surface area contributed by atoms with Crippen molar-refractivity contribution in [3.05, 3.63) is 0 Å². The number of methoxy groups -OCH3 is 1. The first kappa shape index (κ1) is 10.5. The topological polar surface area (TPSA) is 47.6 Å². The lowest BCUT2D eigenvalue weighted by atomic mass is 10.0. The molecule has 13 heavy (non-hydrogen) atoms. The summed E-state index contributed by atoms with van der Waals surface area (Å²) in [6.07, 6.45) is 2.39. The third kappa shape index (κ3) is 4.24. The molecule has 1 N–H and O–H groups in total. The zero-order valence-corrected chi connectivity index (χ0v) is 8.04. The fourth-order valence-corrected chi connectivity index (χ4v) is 1.43. The van der Waals surface area contributed by atoms with E-state index >= 15 is 0 Å². The average molecular weight is 187 g/mol. The van der Waals surface area contributed by atoms with Crippen LogP contribution in [0.25, 0.3) is 0 Å². The molecule has 1 atom stereocenters. The summed E-state index contributed by atoms with van der Waals surface area (Å²) < 4.78 is 9.67. The molecule has 0 spiro atoms. The molecule has 0 radical (unpaired) electrons. The molecule has 0 bridgehead atoms. The maximum Gasteiger partial charge on any atom is 0.331 e. The van der Waals surface area contributed by atoms with E-state index in [-0.39, 0.29) is 12.6 Å². The van der Waals surface area contributed by atoms with Crippen molar-refractivity contribution in [3.8, 4) is 0 Å². The van der Waals surface area contributed by atoms with Gasteiger partial charge in [0.15, 0.2) is 0 Å². The van der Waals surface area contributed by atoms with Crippen LogP contribution in [0.1, 0.15) is 12.8 Å². The van der Waals surface area contributed by atoms with E-state index in [0.717, 1.165) is 13.1 Å². The van der Waals surface area contributed by atoms with Crippen LogP contribution in [-0.4, -0.2) is 39.4 Å². The Bertz CT molecular complexity index is 155. The van der Waals surface area contributed by atoms with Gasteiger partial charge < -0.3 is 14.8 Å². The lowest BCUT2D eigenvalue weighted by molar-refractivity contribution is -0.146. The van der Waals surface area contributed by atoms with Crippen LogP contribution < -0.4 is 5.32 Å². The summed E-state index contributed by atoms with van der Waals surface area (Å²) in [7, 11) is 1.37. The molecule has 4 heteroatoms. The van der Waals surface area contributed by atoms with Crippen molar-refractivity contribution in [2.75, 3.05) is 33.4 Å². The van der Waals surface area contributed by atoms with Gasteiger partial charge in [0.25, 0.3) is 0 Å². The van der Waals surface area contributed by atoms with E-state index in [1.807, 2.05) is 0 Å². The fourth-order valence-electron chi connectivity index (χ4n) is 1.43. The van der Waals surface area contributed by atoms with Crippen LogP contribution in [0.15, 0.2) is 0 Å². The largest absolute Gasteiger partial charge is 0.467 e. The number of esters is 1. The summed E-state index contributed by atoms with van der Waals surface area (Å²) in [5, 5.41) is 3.29. The number of rotatable bonds is 4. The van der Waals surface area contributed by atoms with E-state index in [0.29, 0.717) is 12.5 Å². The molecule has 1 aliphatic heterocycles. The van der Waals surface area contributed by atoms with Crippen LogP contribution in [0.4, 0.5) is 0 Å². The van der Waals surface area contributed by atoms with Gasteiger partial charge >= 0.3 is 5.97 Å². The molecule has 1 aliphatic rings. The summed E-state index contributed by atoms with van der Waals surface area (Å²) >= 11 is 0. The Morgan fingerprint density at radius 1 is 1.62 bits per heavy atom. The molecule has 0 aromatic heterocycles. The normalized spacial score (nSPS) is 22.7. The number of hydrogen-bond acceptors (Lipinski definition) is 4. The number of carbonyl (C=O) groups excluding carboxylic acids is 1. The zero-order chi connectivity index (χ0) is 9.52. The molecule has 76 valence electrons. The van der Waals surface area contributed by atoms with Gasteiger partial charge in [0.2, 0.25) is 0 Å². The highest BCUT2D eigenvalue weighted by molar-refractivity contribution is 5.70. The van der Waals surface area contributed by atoms with E-state index < -0.39 is 0 Å². The van der Waals surface area contributed by atoms with Crippen molar-refractivity contribution >= 4 is 5.97 Å². The number of hydrogen-bond donors (Lipinski definition) is 1. The van der Waals surface area contributed by atoms with E-state index in [9.17, 15) is 4.79 Å². The first-order valence-electron chi connectivity index (χ1n) is 4.68. The Hall–Kier alpha value is -0.610. The SMILES string of the molecule is COC(=O)COC[C@H]1CCCNC1. The first-order chi connectivity index (χ1) is 6.33. The van der Waals surface area contributed by atoms with Crippen molar-refractivity contribution in [1.29, 1.82) is 0 Å². The molecular formula is C9H17NO3. The number of piperidine rings is 1. The van der Waals surface area contributed by atoms with Gasteiger partial charge in [-0.05, 0) is 25.3 Å². The smallest absolute Gasteiger partial charge is 0.331 e. The standard InChI is InChI=1S/C9H17NO3/c1-12-9(11)7-13-6-8-3-2-4-10-5-8/h8,10H,2-7H2,1H3/t8-/m0/s1. The highest BCUT2D eigenvalue weighted by Crippen LogP contribution is 2.09. The Kier molecular flexibility index (Phi) is 4.78. The van der Waals surface area contributed by atoms with Crippen LogP contribution in [-0.2, 0) is 14.3 Å². The van der Waals surface area contributed by atoms with Gasteiger partial charge in [0, 0.05) is 6.54 Å². The van der Waals surface area contributed by atoms with E-state index in [1.165, 1.54) is 20.0 Å². The lowest BCUT2D eigenvalue weighted by Gasteiger charge is -2.22. The van der Waals surface area contributed by atoms with Gasteiger partial charge in [-0.3, -0.25) is 0 Å². The van der Waals surface area contributed by atoms with Crippen molar-refractivity contribution < 1.29 is 14.3 Å². The molecule has 0 saturated carbocycles. The molecule has 1 rings (SSSR count). The van der Waals surface area contributed by atoms with E-state index in [1.54, 1.807) is 0 Å². The molecule has 0 unspecified atom stereocenters. The third-order valence-electron chi connectivity index (χ3n) is 2.20. The Morgan fingerprint density at radius 2 is 2.46 bits per heavy atom. The average Bonchev–Trinajstić information content (AvgIpc) is 2.19. The molecule has 0 aromatic rings. The van der Waals surface area contributed by atoms with Crippen molar-refractivity contribution in [1.82, 2.24) is 5.32 Å². The van der Waals surface area contributed by atoms with Crippen LogP contribution in [0.3, 0.4) is 0 Å². The lowest BCUT2D eigenvalue weighted by Crippen LogP contribution is -2.32. The quantitative estimate of drug-likeness (QED) is 0.638. The molecule has 1 fully saturated rings. The molecule has 1 heterocycles. The minimum absolute atomic E-state index is 0.0764. The van der Waals surface area contributed by atoms with Gasteiger partial charge in [-0.2, -0.15) is 0 Å². The van der Waals surface area contributed by atoms with Crippen molar-refractivity contribution in [2.24, 2.45) is 5.92 Å². The van der Waals surface area contributed by atoms with Crippen LogP contribution in [0, 0.1) is 5.92 Å². The number of nitrogens with one attached hydrogen (secondary N) is 1. The van der Waals surface area contributed by atoms with E-state index in [4.69, 9.17) is 4.74 Å². The number of ether oxygens (including phenoxy) is 2. The third-order valence-corrected chi connectivity index (χ3v) is 2.20. The van der Waals surface area contributed by atoms with Gasteiger partial charge in [-0.1, -0.05) is 0 Å². The summed E-state index contributed by atoms with van der Waals surface area (Å²) in [4.78, 5) is 10.7. The van der Waals surface area contributed by atoms with Crippen LogP contribution in [0.2, 0.25) is 0 Å². The minimum atomic E-state index is -0.302. The predicted molar refractivity (Wildman–Crippen MR) is 48.4 cm³/mol. The van der Waals surface area contributed by atoms with Crippen LogP contribution in [0.5, 0.6) is 0 Å².